The van der Waals surface area contributed by atoms with E-state index in [1.165, 1.54) is 25.7 Å². The average Bonchev–Trinajstić information content (AvgIpc) is 2.93. The van der Waals surface area contributed by atoms with Crippen LogP contribution < -0.4 is 0 Å². The molecule has 0 N–H and O–H groups in total. The van der Waals surface area contributed by atoms with Gasteiger partial charge in [-0.05, 0) is 44.3 Å². The fourth-order valence-corrected chi connectivity index (χ4v) is 3.22. The number of hydrogen-bond donors (Lipinski definition) is 0. The fraction of sp³-hybridized carbons (Fsp3) is 0.650. The van der Waals surface area contributed by atoms with Crippen LogP contribution in [0.25, 0.3) is 0 Å². The predicted octanol–water partition coefficient (Wildman–Crippen LogP) is 4.51. The molecular weight excluding hydrogens is 286 g/mol. The summed E-state index contributed by atoms with van der Waals surface area (Å²) in [5, 5.41) is 0. The molecule has 0 aromatic carbocycles. The molecule has 1 rings (SSSR count). The molecule has 0 spiro atoms. The SMILES string of the molecule is C\C=C(C)/C(=C\C=C\C1CC(CCCCC)N(CC=O)C1)OC. The summed E-state index contributed by atoms with van der Waals surface area (Å²) in [5.41, 5.74) is 1.14. The van der Waals surface area contributed by atoms with Crippen molar-refractivity contribution in [3.05, 3.63) is 35.6 Å². The van der Waals surface area contributed by atoms with Crippen molar-refractivity contribution in [3.63, 3.8) is 0 Å². The lowest BCUT2D eigenvalue weighted by Gasteiger charge is -2.21. The number of nitrogens with zero attached hydrogens (tertiary/aromatic N) is 1. The van der Waals surface area contributed by atoms with Crippen LogP contribution >= 0.6 is 0 Å². The number of methoxy groups -OCH3 is 1. The van der Waals surface area contributed by atoms with Crippen molar-refractivity contribution in [2.75, 3.05) is 20.2 Å². The maximum atomic E-state index is 10.9. The number of allylic oxidation sites excluding steroid dienone is 4. The number of ether oxygens (including phenoxy) is 1. The zero-order chi connectivity index (χ0) is 17.1. The summed E-state index contributed by atoms with van der Waals surface area (Å²) < 4.78 is 5.40. The minimum Gasteiger partial charge on any atom is -0.497 e. The zero-order valence-electron chi connectivity index (χ0n) is 15.3. The van der Waals surface area contributed by atoms with Crippen LogP contribution in [0.2, 0.25) is 0 Å². The highest BCUT2D eigenvalue weighted by molar-refractivity contribution is 5.52. The van der Waals surface area contributed by atoms with E-state index in [0.29, 0.717) is 18.5 Å². The van der Waals surface area contributed by atoms with Gasteiger partial charge in [-0.1, -0.05) is 44.4 Å². The van der Waals surface area contributed by atoms with Crippen molar-refractivity contribution in [2.45, 2.75) is 58.9 Å². The Labute approximate surface area is 142 Å². The largest absolute Gasteiger partial charge is 0.497 e. The Morgan fingerprint density at radius 1 is 1.35 bits per heavy atom. The zero-order valence-corrected chi connectivity index (χ0v) is 15.3. The lowest BCUT2D eigenvalue weighted by atomic mass is 10.0. The van der Waals surface area contributed by atoms with Gasteiger partial charge < -0.3 is 9.53 Å². The van der Waals surface area contributed by atoms with E-state index in [-0.39, 0.29) is 0 Å². The van der Waals surface area contributed by atoms with E-state index in [9.17, 15) is 4.79 Å². The van der Waals surface area contributed by atoms with Gasteiger partial charge in [0, 0.05) is 12.6 Å². The van der Waals surface area contributed by atoms with E-state index in [1.54, 1.807) is 7.11 Å². The number of aldehydes is 1. The maximum absolute atomic E-state index is 10.9. The lowest BCUT2D eigenvalue weighted by molar-refractivity contribution is -0.109. The fourth-order valence-electron chi connectivity index (χ4n) is 3.22. The molecule has 2 atom stereocenters. The standard InChI is InChI=1S/C20H33NO2/c1-5-7-8-11-19-15-18(16-21(19)13-14-22)10-9-12-20(23-4)17(3)6-2/h6,9-10,12,14,18-19H,5,7-8,11,13,15-16H2,1-4H3/b10-9+,17-6-,20-12+. The van der Waals surface area contributed by atoms with Crippen LogP contribution in [-0.2, 0) is 9.53 Å². The molecule has 23 heavy (non-hydrogen) atoms. The molecule has 0 radical (unpaired) electrons. The lowest BCUT2D eigenvalue weighted by Crippen LogP contribution is -2.31. The smallest absolute Gasteiger partial charge is 0.133 e. The molecule has 0 aromatic rings. The molecule has 1 aliphatic rings. The van der Waals surface area contributed by atoms with Gasteiger partial charge >= 0.3 is 0 Å². The number of rotatable bonds is 10. The quantitative estimate of drug-likeness (QED) is 0.257. The summed E-state index contributed by atoms with van der Waals surface area (Å²) in [6, 6.07) is 0.560. The van der Waals surface area contributed by atoms with Gasteiger partial charge in [-0.25, -0.2) is 0 Å². The number of likely N-dealkylation sites (tertiary alicyclic amines) is 1. The first-order valence-electron chi connectivity index (χ1n) is 8.89. The first-order chi connectivity index (χ1) is 11.2. The Bertz CT molecular complexity index is 437. The van der Waals surface area contributed by atoms with Crippen molar-refractivity contribution in [1.29, 1.82) is 0 Å². The Kier molecular flexibility index (Phi) is 9.61. The number of unbranched alkanes of at least 4 members (excludes halogenated alkanes) is 2. The number of hydrogen-bond acceptors (Lipinski definition) is 3. The summed E-state index contributed by atoms with van der Waals surface area (Å²) in [6.45, 7) is 7.86. The van der Waals surface area contributed by atoms with Crippen molar-refractivity contribution in [3.8, 4) is 0 Å². The van der Waals surface area contributed by atoms with Gasteiger partial charge in [-0.3, -0.25) is 4.90 Å². The van der Waals surface area contributed by atoms with Crippen molar-refractivity contribution in [2.24, 2.45) is 5.92 Å². The van der Waals surface area contributed by atoms with Crippen molar-refractivity contribution in [1.82, 2.24) is 4.90 Å². The van der Waals surface area contributed by atoms with Crippen LogP contribution in [0, 0.1) is 5.92 Å². The van der Waals surface area contributed by atoms with E-state index in [2.05, 4.69) is 24.0 Å². The molecule has 2 unspecified atom stereocenters. The molecule has 3 heteroatoms. The van der Waals surface area contributed by atoms with Gasteiger partial charge in [0.2, 0.25) is 0 Å². The number of carbonyl (C=O) groups is 1. The van der Waals surface area contributed by atoms with Gasteiger partial charge in [-0.2, -0.15) is 0 Å². The molecule has 3 nitrogen and oxygen atoms in total. The molecule has 1 saturated heterocycles. The second kappa shape index (κ2) is 11.2. The summed E-state index contributed by atoms with van der Waals surface area (Å²) in [7, 11) is 1.71. The molecule has 0 bridgehead atoms. The van der Waals surface area contributed by atoms with E-state index >= 15 is 0 Å². The Balaban J connectivity index is 2.61. The van der Waals surface area contributed by atoms with Crippen LogP contribution in [0.3, 0.4) is 0 Å². The molecule has 0 aromatic heterocycles. The molecule has 130 valence electrons. The molecule has 1 heterocycles. The van der Waals surface area contributed by atoms with Crippen LogP contribution in [0.1, 0.15) is 52.9 Å². The molecule has 1 fully saturated rings. The highest BCUT2D eigenvalue weighted by atomic mass is 16.5. The topological polar surface area (TPSA) is 29.5 Å². The third-order valence-corrected chi connectivity index (χ3v) is 4.68. The third-order valence-electron chi connectivity index (χ3n) is 4.68. The van der Waals surface area contributed by atoms with Gasteiger partial charge in [0.05, 0.1) is 13.7 Å². The van der Waals surface area contributed by atoms with E-state index < -0.39 is 0 Å². The summed E-state index contributed by atoms with van der Waals surface area (Å²) in [5.74, 6) is 1.44. The van der Waals surface area contributed by atoms with Gasteiger partial charge in [0.25, 0.3) is 0 Å². The Morgan fingerprint density at radius 2 is 2.13 bits per heavy atom. The molecule has 0 amide bonds. The molecular formula is C20H33NO2. The summed E-state index contributed by atoms with van der Waals surface area (Å²) in [6.07, 6.45) is 15.7. The van der Waals surface area contributed by atoms with Crippen molar-refractivity contribution >= 4 is 6.29 Å². The average molecular weight is 319 g/mol. The van der Waals surface area contributed by atoms with Crippen LogP contribution in [-0.4, -0.2) is 37.4 Å². The molecule has 0 aliphatic carbocycles. The van der Waals surface area contributed by atoms with E-state index in [1.807, 2.05) is 26.0 Å². The second-order valence-electron chi connectivity index (χ2n) is 6.36. The minimum atomic E-state index is 0.529. The van der Waals surface area contributed by atoms with Gasteiger partial charge in [0.1, 0.15) is 12.0 Å². The molecule has 1 aliphatic heterocycles. The minimum absolute atomic E-state index is 0.529. The van der Waals surface area contributed by atoms with E-state index in [4.69, 9.17) is 4.74 Å². The number of carbonyl (C=O) groups excluding carboxylic acids is 1. The van der Waals surface area contributed by atoms with Crippen LogP contribution in [0.5, 0.6) is 0 Å². The monoisotopic (exact) mass is 319 g/mol. The normalized spacial score (nSPS) is 23.7. The highest BCUT2D eigenvalue weighted by Crippen LogP contribution is 2.27. The highest BCUT2D eigenvalue weighted by Gasteiger charge is 2.29. The summed E-state index contributed by atoms with van der Waals surface area (Å²) >= 11 is 0. The third kappa shape index (κ3) is 6.74. The van der Waals surface area contributed by atoms with Gasteiger partial charge in [0.15, 0.2) is 0 Å². The predicted molar refractivity (Wildman–Crippen MR) is 97.3 cm³/mol. The van der Waals surface area contributed by atoms with Gasteiger partial charge in [-0.15, -0.1) is 0 Å². The second-order valence-corrected chi connectivity index (χ2v) is 6.36. The first kappa shape index (κ1) is 19.7. The summed E-state index contributed by atoms with van der Waals surface area (Å²) in [4.78, 5) is 13.2. The van der Waals surface area contributed by atoms with Crippen molar-refractivity contribution < 1.29 is 9.53 Å². The first-order valence-corrected chi connectivity index (χ1v) is 8.89. The van der Waals surface area contributed by atoms with Crippen LogP contribution in [0.4, 0.5) is 0 Å². The molecule has 0 saturated carbocycles. The Morgan fingerprint density at radius 3 is 2.74 bits per heavy atom. The van der Waals surface area contributed by atoms with E-state index in [0.717, 1.165) is 30.6 Å². The maximum Gasteiger partial charge on any atom is 0.133 e. The Hall–Kier alpha value is -1.35. The van der Waals surface area contributed by atoms with Crippen LogP contribution in [0.15, 0.2) is 35.6 Å².